The molecule has 0 fully saturated rings. The maximum Gasteiger partial charge on any atom is 0.381 e. The van der Waals surface area contributed by atoms with Gasteiger partial charge in [0.15, 0.2) is 9.84 Å². The van der Waals surface area contributed by atoms with Crippen molar-refractivity contribution in [2.24, 2.45) is 0 Å². The van der Waals surface area contributed by atoms with Gasteiger partial charge in [0.25, 0.3) is 0 Å². The fourth-order valence-electron chi connectivity index (χ4n) is 0.547. The lowest BCUT2D eigenvalue weighted by Crippen LogP contribution is -2.25. The summed E-state index contributed by atoms with van der Waals surface area (Å²) in [5.41, 5.74) is 0. The van der Waals surface area contributed by atoms with Crippen molar-refractivity contribution in [1.82, 2.24) is 0 Å². The molecule has 2 N–H and O–H groups in total. The SMILES string of the molecule is CC(=O)OC(P(=O)(O)O)S(C)(=O)=O. The molecule has 0 bridgehead atoms. The molecule has 0 aliphatic carbocycles. The first-order valence-corrected chi connectivity index (χ1v) is 6.60. The zero-order valence-corrected chi connectivity index (χ0v) is 8.58. The number of ether oxygens (including phenoxy) is 1. The van der Waals surface area contributed by atoms with Gasteiger partial charge < -0.3 is 14.5 Å². The van der Waals surface area contributed by atoms with E-state index in [2.05, 4.69) is 4.74 Å². The van der Waals surface area contributed by atoms with Crippen LogP contribution >= 0.6 is 7.60 Å². The summed E-state index contributed by atoms with van der Waals surface area (Å²) in [5, 5.41) is -2.41. The van der Waals surface area contributed by atoms with Gasteiger partial charge in [0, 0.05) is 13.2 Å². The molecule has 0 rings (SSSR count). The minimum Gasteiger partial charge on any atom is -0.433 e. The van der Waals surface area contributed by atoms with Gasteiger partial charge >= 0.3 is 18.7 Å². The standard InChI is InChI=1S/C4H9O7PS/c1-3(5)11-4(12(6,7)8)13(2,9)10/h4H,1-2H3,(H2,6,7,8). The van der Waals surface area contributed by atoms with E-state index < -0.39 is 28.6 Å². The molecule has 0 spiro atoms. The van der Waals surface area contributed by atoms with Gasteiger partial charge in [-0.1, -0.05) is 0 Å². The summed E-state index contributed by atoms with van der Waals surface area (Å²) >= 11 is 0. The predicted octanol–water partition coefficient (Wildman–Crippen LogP) is -0.945. The average molecular weight is 232 g/mol. The summed E-state index contributed by atoms with van der Waals surface area (Å²) < 4.78 is 36.0. The summed E-state index contributed by atoms with van der Waals surface area (Å²) in [6, 6.07) is 0. The highest BCUT2D eigenvalue weighted by Crippen LogP contribution is 2.44. The number of carbonyl (C=O) groups is 1. The third-order valence-corrected chi connectivity index (χ3v) is 4.36. The lowest BCUT2D eigenvalue weighted by molar-refractivity contribution is -0.140. The highest BCUT2D eigenvalue weighted by Gasteiger charge is 2.40. The van der Waals surface area contributed by atoms with Crippen LogP contribution in [0.15, 0.2) is 0 Å². The van der Waals surface area contributed by atoms with E-state index in [1.165, 1.54) is 0 Å². The molecule has 9 heteroatoms. The van der Waals surface area contributed by atoms with Crippen molar-refractivity contribution in [3.63, 3.8) is 0 Å². The summed E-state index contributed by atoms with van der Waals surface area (Å²) in [6.45, 7) is 0.855. The maximum absolute atomic E-state index is 10.7. The van der Waals surface area contributed by atoms with Crippen LogP contribution in [0.3, 0.4) is 0 Å². The van der Waals surface area contributed by atoms with Crippen LogP contribution < -0.4 is 0 Å². The first-order valence-electron chi connectivity index (χ1n) is 2.96. The Bertz CT molecular complexity index is 338. The van der Waals surface area contributed by atoms with Gasteiger partial charge in [0.05, 0.1) is 0 Å². The molecule has 0 saturated carbocycles. The molecule has 1 atom stereocenters. The molecule has 13 heavy (non-hydrogen) atoms. The minimum atomic E-state index is -4.98. The third kappa shape index (κ3) is 4.37. The molecule has 0 radical (unpaired) electrons. The Morgan fingerprint density at radius 1 is 1.46 bits per heavy atom. The fraction of sp³-hybridized carbons (Fsp3) is 0.750. The zero-order valence-electron chi connectivity index (χ0n) is 6.87. The van der Waals surface area contributed by atoms with Crippen molar-refractivity contribution in [2.45, 2.75) is 12.1 Å². The molecule has 0 aromatic heterocycles. The molecule has 0 aliphatic heterocycles. The van der Waals surface area contributed by atoms with Gasteiger partial charge in [0.2, 0.25) is 0 Å². The molecule has 0 aliphatic rings. The van der Waals surface area contributed by atoms with Crippen molar-refractivity contribution in [2.75, 3.05) is 6.26 Å². The molecular weight excluding hydrogens is 223 g/mol. The summed E-state index contributed by atoms with van der Waals surface area (Å²) in [4.78, 5) is 27.4. The Hall–Kier alpha value is -0.430. The Morgan fingerprint density at radius 2 is 1.85 bits per heavy atom. The van der Waals surface area contributed by atoms with E-state index in [0.29, 0.717) is 6.26 Å². The second-order valence-corrected chi connectivity index (χ2v) is 6.42. The van der Waals surface area contributed by atoms with Crippen LogP contribution in [0.4, 0.5) is 0 Å². The normalized spacial score (nSPS) is 15.1. The Kier molecular flexibility index (Phi) is 3.62. The minimum absolute atomic E-state index is 0.569. The summed E-state index contributed by atoms with van der Waals surface area (Å²) in [6.07, 6.45) is 0.569. The highest BCUT2D eigenvalue weighted by molar-refractivity contribution is 7.97. The number of hydrogen-bond donors (Lipinski definition) is 2. The second-order valence-electron chi connectivity index (χ2n) is 2.34. The molecule has 7 nitrogen and oxygen atoms in total. The van der Waals surface area contributed by atoms with Crippen LogP contribution in [-0.4, -0.2) is 35.6 Å². The number of carbonyl (C=O) groups excluding carboxylic acids is 1. The smallest absolute Gasteiger partial charge is 0.381 e. The maximum atomic E-state index is 10.7. The van der Waals surface area contributed by atoms with Crippen LogP contribution in [0.25, 0.3) is 0 Å². The number of sulfone groups is 1. The van der Waals surface area contributed by atoms with Gasteiger partial charge in [-0.15, -0.1) is 0 Å². The molecular formula is C4H9O7PS. The van der Waals surface area contributed by atoms with Gasteiger partial charge in [-0.25, -0.2) is 8.42 Å². The molecule has 0 saturated heterocycles. The molecule has 0 aromatic rings. The van der Waals surface area contributed by atoms with Gasteiger partial charge in [-0.05, 0) is 0 Å². The second kappa shape index (κ2) is 3.75. The first kappa shape index (κ1) is 12.6. The molecule has 1 unspecified atom stereocenters. The van der Waals surface area contributed by atoms with Gasteiger partial charge in [-0.3, -0.25) is 9.36 Å². The fourth-order valence-corrected chi connectivity index (χ4v) is 3.14. The summed E-state index contributed by atoms with van der Waals surface area (Å²) in [7, 11) is -9.11. The molecule has 0 amide bonds. The van der Waals surface area contributed by atoms with E-state index in [0.717, 1.165) is 6.92 Å². The predicted molar refractivity (Wildman–Crippen MR) is 42.4 cm³/mol. The highest BCUT2D eigenvalue weighted by atomic mass is 32.2. The quantitative estimate of drug-likeness (QED) is 0.476. The Labute approximate surface area is 74.8 Å². The molecule has 78 valence electrons. The zero-order chi connectivity index (χ0) is 10.9. The van der Waals surface area contributed by atoms with Crippen LogP contribution in [0, 0.1) is 0 Å². The number of hydrogen-bond acceptors (Lipinski definition) is 5. The van der Waals surface area contributed by atoms with Crippen molar-refractivity contribution in [3.8, 4) is 0 Å². The lowest BCUT2D eigenvalue weighted by atomic mass is 10.8. The Morgan fingerprint density at radius 3 is 1.92 bits per heavy atom. The van der Waals surface area contributed by atoms with Crippen LogP contribution in [-0.2, 0) is 23.9 Å². The van der Waals surface area contributed by atoms with Crippen molar-refractivity contribution in [3.05, 3.63) is 0 Å². The van der Waals surface area contributed by atoms with Crippen molar-refractivity contribution >= 4 is 23.4 Å². The van der Waals surface area contributed by atoms with E-state index in [-0.39, 0.29) is 0 Å². The topological polar surface area (TPSA) is 118 Å². The largest absolute Gasteiger partial charge is 0.433 e. The van der Waals surface area contributed by atoms with E-state index >= 15 is 0 Å². The summed E-state index contributed by atoms with van der Waals surface area (Å²) in [5.74, 6) is -1.07. The average Bonchev–Trinajstić information content (AvgIpc) is 1.77. The first-order chi connectivity index (χ1) is 5.55. The van der Waals surface area contributed by atoms with E-state index in [9.17, 15) is 17.8 Å². The van der Waals surface area contributed by atoms with Gasteiger partial charge in [-0.2, -0.15) is 0 Å². The van der Waals surface area contributed by atoms with Crippen molar-refractivity contribution < 1.29 is 32.3 Å². The van der Waals surface area contributed by atoms with E-state index in [1.54, 1.807) is 0 Å². The van der Waals surface area contributed by atoms with E-state index in [1.807, 2.05) is 0 Å². The van der Waals surface area contributed by atoms with Crippen LogP contribution in [0.1, 0.15) is 6.92 Å². The lowest BCUT2D eigenvalue weighted by Gasteiger charge is -2.15. The number of rotatable bonds is 3. The Balaban J connectivity index is 5.02. The molecule has 0 aromatic carbocycles. The third-order valence-electron chi connectivity index (χ3n) is 0.908. The molecule has 0 heterocycles. The van der Waals surface area contributed by atoms with E-state index in [4.69, 9.17) is 9.79 Å². The van der Waals surface area contributed by atoms with Crippen LogP contribution in [0.2, 0.25) is 0 Å². The number of esters is 1. The van der Waals surface area contributed by atoms with Crippen molar-refractivity contribution in [1.29, 1.82) is 0 Å². The van der Waals surface area contributed by atoms with Gasteiger partial charge in [0.1, 0.15) is 0 Å². The van der Waals surface area contributed by atoms with Crippen LogP contribution in [0.5, 0.6) is 0 Å². The monoisotopic (exact) mass is 232 g/mol.